The van der Waals surface area contributed by atoms with Crippen molar-refractivity contribution in [3.63, 3.8) is 0 Å². The summed E-state index contributed by atoms with van der Waals surface area (Å²) < 4.78 is 4.85. The number of carbonyl (C=O) groups excluding carboxylic acids is 1. The summed E-state index contributed by atoms with van der Waals surface area (Å²) in [6.45, 7) is 0.194. The highest BCUT2D eigenvalue weighted by Gasteiger charge is 2.01. The van der Waals surface area contributed by atoms with Crippen LogP contribution < -0.4 is 5.32 Å². The van der Waals surface area contributed by atoms with E-state index in [1.54, 1.807) is 36.4 Å². The molecular weight excluding hydrogens is 249 g/mol. The highest BCUT2D eigenvalue weighted by Crippen LogP contribution is 2.14. The van der Waals surface area contributed by atoms with Gasteiger partial charge in [-0.2, -0.15) is 0 Å². The molecule has 0 heterocycles. The molecule has 1 aromatic carbocycles. The quantitative estimate of drug-likeness (QED) is 0.662. The number of amides is 1. The van der Waals surface area contributed by atoms with E-state index in [2.05, 4.69) is 5.32 Å². The molecule has 0 aliphatic carbocycles. The average molecular weight is 260 g/mol. The van der Waals surface area contributed by atoms with Gasteiger partial charge in [-0.3, -0.25) is 5.32 Å². The van der Waals surface area contributed by atoms with Crippen LogP contribution in [0.3, 0.4) is 0 Å². The van der Waals surface area contributed by atoms with Gasteiger partial charge < -0.3 is 4.74 Å². The van der Waals surface area contributed by atoms with Crippen LogP contribution in [0.2, 0.25) is 5.02 Å². The lowest BCUT2D eigenvalue weighted by Gasteiger charge is -2.05. The van der Waals surface area contributed by atoms with Crippen LogP contribution in [0.4, 0.5) is 10.5 Å². The molecule has 3 nitrogen and oxygen atoms in total. The fourth-order valence-electron chi connectivity index (χ4n) is 0.975. The first-order chi connectivity index (χ1) is 7.72. The number of anilines is 1. The topological polar surface area (TPSA) is 38.3 Å². The monoisotopic (exact) mass is 259 g/mol. The number of allylic oxidation sites excluding steroid dienone is 1. The van der Waals surface area contributed by atoms with Crippen molar-refractivity contribution < 1.29 is 9.53 Å². The van der Waals surface area contributed by atoms with Gasteiger partial charge in [0.25, 0.3) is 0 Å². The summed E-state index contributed by atoms with van der Waals surface area (Å²) in [6.07, 6.45) is 2.85. The highest BCUT2D eigenvalue weighted by atomic mass is 35.5. The molecule has 86 valence electrons. The number of halogens is 2. The Morgan fingerprint density at radius 1 is 1.44 bits per heavy atom. The maximum atomic E-state index is 11.2. The van der Waals surface area contributed by atoms with Gasteiger partial charge in [0.2, 0.25) is 0 Å². The Balaban J connectivity index is 2.37. The zero-order chi connectivity index (χ0) is 11.8. The molecule has 0 fully saturated rings. The SMILES string of the molecule is O=C(Nc1cccc(Cl)c1)OCC=CCCl. The second kappa shape index (κ2) is 7.14. The van der Waals surface area contributed by atoms with Gasteiger partial charge in [-0.05, 0) is 24.3 Å². The Labute approximate surface area is 104 Å². The molecule has 0 aliphatic heterocycles. The van der Waals surface area contributed by atoms with Gasteiger partial charge in [-0.1, -0.05) is 23.7 Å². The summed E-state index contributed by atoms with van der Waals surface area (Å²) in [6, 6.07) is 6.83. The first-order valence-corrected chi connectivity index (χ1v) is 5.54. The smallest absolute Gasteiger partial charge is 0.411 e. The standard InChI is InChI=1S/C11H11Cl2NO2/c12-6-1-2-7-16-11(15)14-10-5-3-4-9(13)8-10/h1-5,8H,6-7H2,(H,14,15). The Kier molecular flexibility index (Phi) is 5.75. The normalized spacial score (nSPS) is 10.4. The fourth-order valence-corrected chi connectivity index (χ4v) is 1.29. The number of alkyl halides is 1. The van der Waals surface area contributed by atoms with Crippen LogP contribution in [-0.4, -0.2) is 18.6 Å². The Hall–Kier alpha value is -1.19. The maximum absolute atomic E-state index is 11.2. The summed E-state index contributed by atoms with van der Waals surface area (Å²) in [5.41, 5.74) is 0.596. The van der Waals surface area contributed by atoms with Gasteiger partial charge in [0, 0.05) is 16.6 Å². The highest BCUT2D eigenvalue weighted by molar-refractivity contribution is 6.30. The van der Waals surface area contributed by atoms with E-state index in [0.717, 1.165) is 0 Å². The second-order valence-electron chi connectivity index (χ2n) is 2.86. The van der Waals surface area contributed by atoms with Crippen LogP contribution in [-0.2, 0) is 4.74 Å². The lowest BCUT2D eigenvalue weighted by Crippen LogP contribution is -2.13. The van der Waals surface area contributed by atoms with Crippen LogP contribution in [0.15, 0.2) is 36.4 Å². The van der Waals surface area contributed by atoms with E-state index >= 15 is 0 Å². The maximum Gasteiger partial charge on any atom is 0.411 e. The number of carbonyl (C=O) groups is 1. The first kappa shape index (κ1) is 12.9. The summed E-state index contributed by atoms with van der Waals surface area (Å²) >= 11 is 11.2. The van der Waals surface area contributed by atoms with Crippen molar-refractivity contribution in [2.75, 3.05) is 17.8 Å². The van der Waals surface area contributed by atoms with Crippen molar-refractivity contribution in [2.24, 2.45) is 0 Å². The molecular formula is C11H11Cl2NO2. The molecule has 0 unspecified atom stereocenters. The molecule has 0 radical (unpaired) electrons. The zero-order valence-corrected chi connectivity index (χ0v) is 9.96. The predicted molar refractivity (Wildman–Crippen MR) is 66.3 cm³/mol. The van der Waals surface area contributed by atoms with Crippen molar-refractivity contribution in [3.05, 3.63) is 41.4 Å². The summed E-state index contributed by atoms with van der Waals surface area (Å²) in [5, 5.41) is 3.10. The number of rotatable bonds is 4. The molecule has 16 heavy (non-hydrogen) atoms. The number of hydrogen-bond acceptors (Lipinski definition) is 2. The molecule has 0 saturated carbocycles. The Morgan fingerprint density at radius 2 is 2.25 bits per heavy atom. The molecule has 5 heteroatoms. The molecule has 0 bridgehead atoms. The largest absolute Gasteiger partial charge is 0.445 e. The molecule has 1 rings (SSSR count). The van der Waals surface area contributed by atoms with E-state index in [1.165, 1.54) is 0 Å². The third-order valence-electron chi connectivity index (χ3n) is 1.64. The van der Waals surface area contributed by atoms with Crippen LogP contribution in [0, 0.1) is 0 Å². The number of hydrogen-bond donors (Lipinski definition) is 1. The van der Waals surface area contributed by atoms with E-state index in [9.17, 15) is 4.79 Å². The lowest BCUT2D eigenvalue weighted by molar-refractivity contribution is 0.174. The molecule has 0 aromatic heterocycles. The first-order valence-electron chi connectivity index (χ1n) is 4.62. The molecule has 0 aliphatic rings. The van der Waals surface area contributed by atoms with Gasteiger partial charge in [0.15, 0.2) is 0 Å². The average Bonchev–Trinajstić information content (AvgIpc) is 2.24. The van der Waals surface area contributed by atoms with Gasteiger partial charge in [0.1, 0.15) is 6.61 Å². The van der Waals surface area contributed by atoms with E-state index in [-0.39, 0.29) is 6.61 Å². The fraction of sp³-hybridized carbons (Fsp3) is 0.182. The third-order valence-corrected chi connectivity index (χ3v) is 2.05. The zero-order valence-electron chi connectivity index (χ0n) is 8.45. The van der Waals surface area contributed by atoms with Gasteiger partial charge in [-0.25, -0.2) is 4.79 Å². The van der Waals surface area contributed by atoms with Gasteiger partial charge in [0.05, 0.1) is 0 Å². The molecule has 0 saturated heterocycles. The van der Waals surface area contributed by atoms with E-state index in [4.69, 9.17) is 27.9 Å². The van der Waals surface area contributed by atoms with Crippen molar-refractivity contribution in [1.29, 1.82) is 0 Å². The Morgan fingerprint density at radius 3 is 2.94 bits per heavy atom. The number of ether oxygens (including phenoxy) is 1. The van der Waals surface area contributed by atoms with Crippen LogP contribution >= 0.6 is 23.2 Å². The van der Waals surface area contributed by atoms with E-state index in [1.807, 2.05) is 0 Å². The molecule has 0 spiro atoms. The summed E-state index contributed by atoms with van der Waals surface area (Å²) in [5.74, 6) is 0.402. The van der Waals surface area contributed by atoms with Crippen molar-refractivity contribution >= 4 is 35.0 Å². The van der Waals surface area contributed by atoms with Crippen molar-refractivity contribution in [3.8, 4) is 0 Å². The number of nitrogens with one attached hydrogen (secondary N) is 1. The molecule has 1 amide bonds. The van der Waals surface area contributed by atoms with E-state index in [0.29, 0.717) is 16.6 Å². The summed E-state index contributed by atoms with van der Waals surface area (Å²) in [7, 11) is 0. The predicted octanol–water partition coefficient (Wildman–Crippen LogP) is 3.68. The Bertz CT molecular complexity index is 380. The molecule has 1 N–H and O–H groups in total. The third kappa shape index (κ3) is 5.05. The minimum atomic E-state index is -0.526. The minimum absolute atomic E-state index is 0.194. The van der Waals surface area contributed by atoms with Crippen LogP contribution in [0.25, 0.3) is 0 Å². The van der Waals surface area contributed by atoms with Crippen molar-refractivity contribution in [1.82, 2.24) is 0 Å². The van der Waals surface area contributed by atoms with Crippen LogP contribution in [0.1, 0.15) is 0 Å². The van der Waals surface area contributed by atoms with Gasteiger partial charge >= 0.3 is 6.09 Å². The van der Waals surface area contributed by atoms with E-state index < -0.39 is 6.09 Å². The van der Waals surface area contributed by atoms with Crippen molar-refractivity contribution in [2.45, 2.75) is 0 Å². The molecule has 1 aromatic rings. The van der Waals surface area contributed by atoms with Crippen LogP contribution in [0.5, 0.6) is 0 Å². The number of benzene rings is 1. The summed E-state index contributed by atoms with van der Waals surface area (Å²) in [4.78, 5) is 11.2. The van der Waals surface area contributed by atoms with Gasteiger partial charge in [-0.15, -0.1) is 11.6 Å². The lowest BCUT2D eigenvalue weighted by atomic mass is 10.3. The molecule has 0 atom stereocenters. The minimum Gasteiger partial charge on any atom is -0.445 e. The second-order valence-corrected chi connectivity index (χ2v) is 3.60.